The van der Waals surface area contributed by atoms with Gasteiger partial charge in [-0.1, -0.05) is 25.7 Å². The zero-order valence-corrected chi connectivity index (χ0v) is 13.1. The highest BCUT2D eigenvalue weighted by Gasteiger charge is 2.29. The monoisotopic (exact) mass is 300 g/mol. The fourth-order valence-electron chi connectivity index (χ4n) is 2.86. The third-order valence-corrected chi connectivity index (χ3v) is 6.14. The Labute approximate surface area is 121 Å². The van der Waals surface area contributed by atoms with Crippen molar-refractivity contribution >= 4 is 10.0 Å². The van der Waals surface area contributed by atoms with Crippen molar-refractivity contribution in [3.63, 3.8) is 0 Å². The van der Waals surface area contributed by atoms with Crippen molar-refractivity contribution in [1.82, 2.24) is 8.87 Å². The summed E-state index contributed by atoms with van der Waals surface area (Å²) in [6, 6.07) is 1.66. The summed E-state index contributed by atoms with van der Waals surface area (Å²) in [4.78, 5) is 0.274. The molecule has 1 fully saturated rings. The lowest BCUT2D eigenvalue weighted by atomic mass is 10.1. The van der Waals surface area contributed by atoms with E-state index in [4.69, 9.17) is 0 Å². The molecule has 6 heteroatoms. The topological polar surface area (TPSA) is 62.5 Å². The number of hydrogen-bond donors (Lipinski definition) is 1. The van der Waals surface area contributed by atoms with E-state index in [1.54, 1.807) is 30.9 Å². The summed E-state index contributed by atoms with van der Waals surface area (Å²) >= 11 is 0. The standard InChI is InChI=1S/C14H24N2O3S/c1-15-10-14(9-13(15)11-17)20(18,19)16(2)12-7-5-3-4-6-8-12/h9-10,12,17H,3-8,11H2,1-2H3. The lowest BCUT2D eigenvalue weighted by Crippen LogP contribution is -2.36. The van der Waals surface area contributed by atoms with E-state index >= 15 is 0 Å². The molecule has 1 aromatic heterocycles. The number of aliphatic hydroxyl groups excluding tert-OH is 1. The first-order chi connectivity index (χ1) is 9.46. The largest absolute Gasteiger partial charge is 0.390 e. The summed E-state index contributed by atoms with van der Waals surface area (Å²) in [5.41, 5.74) is 0.609. The van der Waals surface area contributed by atoms with Crippen LogP contribution in [0, 0.1) is 0 Å². The molecule has 0 saturated heterocycles. The highest BCUT2D eigenvalue weighted by Crippen LogP contribution is 2.26. The van der Waals surface area contributed by atoms with Crippen LogP contribution in [0.5, 0.6) is 0 Å². The predicted octanol–water partition coefficient (Wildman–Crippen LogP) is 1.86. The average molecular weight is 300 g/mol. The Kier molecular flexibility index (Phi) is 4.88. The first-order valence-electron chi connectivity index (χ1n) is 7.21. The molecule has 1 aliphatic carbocycles. The maximum atomic E-state index is 12.7. The summed E-state index contributed by atoms with van der Waals surface area (Å²) in [7, 11) is -0.0414. The summed E-state index contributed by atoms with van der Waals surface area (Å²) in [5, 5.41) is 9.19. The summed E-state index contributed by atoms with van der Waals surface area (Å²) in [5.74, 6) is 0. The van der Waals surface area contributed by atoms with Gasteiger partial charge < -0.3 is 9.67 Å². The van der Waals surface area contributed by atoms with Crippen LogP contribution in [0.15, 0.2) is 17.2 Å². The molecule has 0 unspecified atom stereocenters. The van der Waals surface area contributed by atoms with E-state index in [0.29, 0.717) is 5.69 Å². The maximum absolute atomic E-state index is 12.7. The molecule has 1 N–H and O–H groups in total. The summed E-state index contributed by atoms with van der Waals surface area (Å²) < 4.78 is 28.5. The highest BCUT2D eigenvalue weighted by atomic mass is 32.2. The van der Waals surface area contributed by atoms with Crippen LogP contribution in [0.1, 0.15) is 44.2 Å². The third-order valence-electron chi connectivity index (χ3n) is 4.26. The first-order valence-corrected chi connectivity index (χ1v) is 8.65. The molecule has 5 nitrogen and oxygen atoms in total. The molecule has 2 rings (SSSR count). The van der Waals surface area contributed by atoms with Crippen molar-refractivity contribution in [3.8, 4) is 0 Å². The average Bonchev–Trinajstić information content (AvgIpc) is 2.65. The fraction of sp³-hybridized carbons (Fsp3) is 0.714. The molecule has 0 atom stereocenters. The smallest absolute Gasteiger partial charge is 0.244 e. The van der Waals surface area contributed by atoms with E-state index < -0.39 is 10.0 Å². The van der Waals surface area contributed by atoms with Crippen LogP contribution in [0.4, 0.5) is 0 Å². The Morgan fingerprint density at radius 1 is 1.30 bits per heavy atom. The maximum Gasteiger partial charge on any atom is 0.244 e. The first kappa shape index (κ1) is 15.5. The molecule has 0 radical (unpaired) electrons. The number of sulfonamides is 1. The molecule has 0 amide bonds. The van der Waals surface area contributed by atoms with E-state index in [0.717, 1.165) is 25.7 Å². The second-order valence-corrected chi connectivity index (χ2v) is 7.60. The van der Waals surface area contributed by atoms with Crippen LogP contribution in [0.2, 0.25) is 0 Å². The van der Waals surface area contributed by atoms with Crippen LogP contribution in [0.25, 0.3) is 0 Å². The normalized spacial score (nSPS) is 18.4. The van der Waals surface area contributed by atoms with Crippen LogP contribution >= 0.6 is 0 Å². The van der Waals surface area contributed by atoms with Gasteiger partial charge in [-0.3, -0.25) is 0 Å². The molecule has 1 saturated carbocycles. The van der Waals surface area contributed by atoms with Gasteiger partial charge in [0.05, 0.1) is 6.61 Å². The Morgan fingerprint density at radius 2 is 1.90 bits per heavy atom. The molecule has 1 aromatic rings. The van der Waals surface area contributed by atoms with Crippen molar-refractivity contribution in [2.24, 2.45) is 7.05 Å². The van der Waals surface area contributed by atoms with Gasteiger partial charge in [0.25, 0.3) is 0 Å². The number of aliphatic hydroxyl groups is 1. The second-order valence-electron chi connectivity index (χ2n) is 5.60. The van der Waals surface area contributed by atoms with Crippen molar-refractivity contribution in [1.29, 1.82) is 0 Å². The number of rotatable bonds is 4. The second kappa shape index (κ2) is 6.28. The van der Waals surface area contributed by atoms with Gasteiger partial charge in [-0.25, -0.2) is 8.42 Å². The van der Waals surface area contributed by atoms with Gasteiger partial charge in [-0.2, -0.15) is 4.31 Å². The van der Waals surface area contributed by atoms with Gasteiger partial charge in [-0.05, 0) is 18.9 Å². The summed E-state index contributed by atoms with van der Waals surface area (Å²) in [6.07, 6.45) is 8.05. The number of nitrogens with zero attached hydrogens (tertiary/aromatic N) is 2. The van der Waals surface area contributed by atoms with Crippen molar-refractivity contribution < 1.29 is 13.5 Å². The molecular weight excluding hydrogens is 276 g/mol. The molecular formula is C14H24N2O3S. The lowest BCUT2D eigenvalue weighted by Gasteiger charge is -2.25. The molecule has 114 valence electrons. The molecule has 1 aliphatic rings. The Morgan fingerprint density at radius 3 is 2.40 bits per heavy atom. The molecule has 0 spiro atoms. The van der Waals surface area contributed by atoms with Gasteiger partial charge in [0.2, 0.25) is 10.0 Å². The number of aryl methyl sites for hydroxylation is 1. The minimum Gasteiger partial charge on any atom is -0.390 e. The molecule has 20 heavy (non-hydrogen) atoms. The number of aromatic nitrogens is 1. The molecule has 0 bridgehead atoms. The van der Waals surface area contributed by atoms with Gasteiger partial charge in [0.15, 0.2) is 0 Å². The Hall–Kier alpha value is -0.850. The van der Waals surface area contributed by atoms with Crippen LogP contribution in [-0.4, -0.2) is 35.5 Å². The van der Waals surface area contributed by atoms with Gasteiger partial charge in [0, 0.05) is 32.0 Å². The molecule has 0 aromatic carbocycles. The quantitative estimate of drug-likeness (QED) is 0.863. The number of hydrogen-bond acceptors (Lipinski definition) is 3. The van der Waals surface area contributed by atoms with Crippen molar-refractivity contribution in [3.05, 3.63) is 18.0 Å². The molecule has 0 aliphatic heterocycles. The van der Waals surface area contributed by atoms with E-state index in [2.05, 4.69) is 0 Å². The molecule has 1 heterocycles. The van der Waals surface area contributed by atoms with Crippen LogP contribution < -0.4 is 0 Å². The van der Waals surface area contributed by atoms with Gasteiger partial charge >= 0.3 is 0 Å². The van der Waals surface area contributed by atoms with Crippen molar-refractivity contribution in [2.45, 2.75) is 56.1 Å². The van der Waals surface area contributed by atoms with Crippen molar-refractivity contribution in [2.75, 3.05) is 7.05 Å². The van der Waals surface area contributed by atoms with E-state index in [1.165, 1.54) is 17.1 Å². The lowest BCUT2D eigenvalue weighted by molar-refractivity contribution is 0.272. The van der Waals surface area contributed by atoms with Gasteiger partial charge in [-0.15, -0.1) is 0 Å². The van der Waals surface area contributed by atoms with E-state index in [-0.39, 0.29) is 17.5 Å². The SMILES string of the molecule is CN(C1CCCCCC1)S(=O)(=O)c1cc(CO)n(C)c1. The third kappa shape index (κ3) is 3.07. The zero-order chi connectivity index (χ0) is 14.8. The highest BCUT2D eigenvalue weighted by molar-refractivity contribution is 7.89. The minimum atomic E-state index is -3.47. The van der Waals surface area contributed by atoms with E-state index in [9.17, 15) is 13.5 Å². The summed E-state index contributed by atoms with van der Waals surface area (Å²) in [6.45, 7) is -0.154. The Bertz CT molecular complexity index is 543. The fourth-order valence-corrected chi connectivity index (χ4v) is 4.37. The predicted molar refractivity (Wildman–Crippen MR) is 77.8 cm³/mol. The Balaban J connectivity index is 2.23. The zero-order valence-electron chi connectivity index (χ0n) is 12.2. The minimum absolute atomic E-state index is 0.0975. The van der Waals surface area contributed by atoms with E-state index in [1.807, 2.05) is 0 Å². The van der Waals surface area contributed by atoms with Crippen LogP contribution in [0.3, 0.4) is 0 Å². The van der Waals surface area contributed by atoms with Gasteiger partial charge in [0.1, 0.15) is 4.90 Å². The van der Waals surface area contributed by atoms with Crippen LogP contribution in [-0.2, 0) is 23.7 Å².